The molecule has 0 bridgehead atoms. The number of hydrogen-bond donors (Lipinski definition) is 0. The molecule has 3 heterocycles. The molecular formula is C13H24N2O. The molecule has 0 aliphatic carbocycles. The molecule has 0 aromatic heterocycles. The molecule has 3 aliphatic heterocycles. The minimum Gasteiger partial charge on any atom is -0.381 e. The first-order valence-corrected chi connectivity index (χ1v) is 6.90. The lowest BCUT2D eigenvalue weighted by atomic mass is 9.97. The Hall–Kier alpha value is -0.120. The molecule has 0 saturated carbocycles. The molecule has 3 unspecified atom stereocenters. The van der Waals surface area contributed by atoms with Crippen LogP contribution < -0.4 is 0 Å². The summed E-state index contributed by atoms with van der Waals surface area (Å²) >= 11 is 0. The molecule has 3 atom stereocenters. The van der Waals surface area contributed by atoms with Gasteiger partial charge in [-0.15, -0.1) is 0 Å². The Balaban J connectivity index is 1.58. The van der Waals surface area contributed by atoms with Crippen molar-refractivity contribution in [3.8, 4) is 0 Å². The summed E-state index contributed by atoms with van der Waals surface area (Å²) < 4.78 is 5.52. The van der Waals surface area contributed by atoms with Crippen LogP contribution in [0.4, 0.5) is 0 Å². The fourth-order valence-corrected chi connectivity index (χ4v) is 3.62. The van der Waals surface area contributed by atoms with Gasteiger partial charge in [-0.25, -0.2) is 0 Å². The maximum absolute atomic E-state index is 5.52. The van der Waals surface area contributed by atoms with Gasteiger partial charge in [0.05, 0.1) is 6.61 Å². The van der Waals surface area contributed by atoms with Gasteiger partial charge in [-0.3, -0.25) is 9.80 Å². The van der Waals surface area contributed by atoms with E-state index in [0.717, 1.165) is 31.2 Å². The van der Waals surface area contributed by atoms with Crippen molar-refractivity contribution in [2.45, 2.75) is 38.3 Å². The number of fused-ring (bicyclic) bond motifs is 1. The third-order valence-electron chi connectivity index (χ3n) is 4.84. The van der Waals surface area contributed by atoms with Gasteiger partial charge in [0, 0.05) is 38.3 Å². The maximum atomic E-state index is 5.52. The van der Waals surface area contributed by atoms with Gasteiger partial charge in [0.25, 0.3) is 0 Å². The molecule has 3 saturated heterocycles. The predicted octanol–water partition coefficient (Wildman–Crippen LogP) is 1.19. The molecule has 0 amide bonds. The van der Waals surface area contributed by atoms with E-state index in [1.165, 1.54) is 45.4 Å². The van der Waals surface area contributed by atoms with Crippen LogP contribution in [0.2, 0.25) is 0 Å². The van der Waals surface area contributed by atoms with E-state index in [-0.39, 0.29) is 0 Å². The van der Waals surface area contributed by atoms with Crippen LogP contribution in [-0.2, 0) is 4.74 Å². The largest absolute Gasteiger partial charge is 0.381 e. The summed E-state index contributed by atoms with van der Waals surface area (Å²) in [4.78, 5) is 5.40. The Morgan fingerprint density at radius 1 is 1.19 bits per heavy atom. The summed E-state index contributed by atoms with van der Waals surface area (Å²) in [6.45, 7) is 9.60. The van der Waals surface area contributed by atoms with Gasteiger partial charge in [-0.05, 0) is 38.6 Å². The summed E-state index contributed by atoms with van der Waals surface area (Å²) in [6, 6.07) is 1.59. The highest BCUT2D eigenvalue weighted by Gasteiger charge is 2.35. The van der Waals surface area contributed by atoms with Gasteiger partial charge in [0.1, 0.15) is 0 Å². The molecule has 0 radical (unpaired) electrons. The van der Waals surface area contributed by atoms with E-state index in [1.54, 1.807) is 0 Å². The minimum absolute atomic E-state index is 0.727. The summed E-state index contributed by atoms with van der Waals surface area (Å²) in [5.41, 5.74) is 0. The molecule has 92 valence electrons. The molecule has 3 fully saturated rings. The highest BCUT2D eigenvalue weighted by molar-refractivity contribution is 4.90. The van der Waals surface area contributed by atoms with E-state index in [2.05, 4.69) is 16.7 Å². The molecule has 0 aromatic carbocycles. The van der Waals surface area contributed by atoms with E-state index in [1.807, 2.05) is 0 Å². The SMILES string of the molecule is CC(C1CCOC1)N1CCN2CCCC2C1. The highest BCUT2D eigenvalue weighted by atomic mass is 16.5. The first-order chi connectivity index (χ1) is 7.84. The summed E-state index contributed by atoms with van der Waals surface area (Å²) in [5.74, 6) is 0.785. The molecular weight excluding hydrogens is 200 g/mol. The van der Waals surface area contributed by atoms with Crippen LogP contribution in [-0.4, -0.2) is 61.3 Å². The van der Waals surface area contributed by atoms with E-state index >= 15 is 0 Å². The van der Waals surface area contributed by atoms with Gasteiger partial charge in [-0.2, -0.15) is 0 Å². The van der Waals surface area contributed by atoms with Crippen molar-refractivity contribution in [3.63, 3.8) is 0 Å². The number of hydrogen-bond acceptors (Lipinski definition) is 3. The average molecular weight is 224 g/mol. The fourth-order valence-electron chi connectivity index (χ4n) is 3.62. The molecule has 3 heteroatoms. The lowest BCUT2D eigenvalue weighted by molar-refractivity contribution is 0.0518. The van der Waals surface area contributed by atoms with Crippen LogP contribution in [0.5, 0.6) is 0 Å². The summed E-state index contributed by atoms with van der Waals surface area (Å²) in [6.07, 6.45) is 4.11. The second kappa shape index (κ2) is 4.63. The standard InChI is InChI=1S/C13H24N2O/c1-11(12-4-8-16-10-12)15-7-6-14-5-2-3-13(14)9-15/h11-13H,2-10H2,1H3. The average Bonchev–Trinajstić information content (AvgIpc) is 2.98. The fraction of sp³-hybridized carbons (Fsp3) is 1.00. The van der Waals surface area contributed by atoms with Crippen LogP contribution in [0.15, 0.2) is 0 Å². The third-order valence-corrected chi connectivity index (χ3v) is 4.84. The highest BCUT2D eigenvalue weighted by Crippen LogP contribution is 2.26. The molecule has 0 aromatic rings. The summed E-state index contributed by atoms with van der Waals surface area (Å²) in [7, 11) is 0. The Kier molecular flexibility index (Phi) is 3.18. The zero-order chi connectivity index (χ0) is 11.0. The monoisotopic (exact) mass is 224 g/mol. The Labute approximate surface area is 98.7 Å². The van der Waals surface area contributed by atoms with Gasteiger partial charge in [0.2, 0.25) is 0 Å². The Morgan fingerprint density at radius 2 is 2.12 bits per heavy atom. The lowest BCUT2D eigenvalue weighted by Gasteiger charge is -2.42. The zero-order valence-electron chi connectivity index (χ0n) is 10.4. The number of nitrogens with zero attached hydrogens (tertiary/aromatic N) is 2. The van der Waals surface area contributed by atoms with Crippen LogP contribution >= 0.6 is 0 Å². The predicted molar refractivity (Wildman–Crippen MR) is 64.6 cm³/mol. The van der Waals surface area contributed by atoms with Crippen molar-refractivity contribution in [2.75, 3.05) is 39.4 Å². The topological polar surface area (TPSA) is 15.7 Å². The first-order valence-electron chi connectivity index (χ1n) is 6.90. The van der Waals surface area contributed by atoms with Gasteiger partial charge < -0.3 is 4.74 Å². The van der Waals surface area contributed by atoms with Crippen molar-refractivity contribution in [1.29, 1.82) is 0 Å². The van der Waals surface area contributed by atoms with Gasteiger partial charge in [0.15, 0.2) is 0 Å². The number of piperazine rings is 1. The van der Waals surface area contributed by atoms with Crippen LogP contribution in [0.25, 0.3) is 0 Å². The molecule has 3 aliphatic rings. The molecule has 0 N–H and O–H groups in total. The van der Waals surface area contributed by atoms with E-state index in [4.69, 9.17) is 4.74 Å². The van der Waals surface area contributed by atoms with Crippen molar-refractivity contribution in [1.82, 2.24) is 9.80 Å². The molecule has 0 spiro atoms. The first kappa shape index (κ1) is 11.0. The number of ether oxygens (including phenoxy) is 1. The Morgan fingerprint density at radius 3 is 2.94 bits per heavy atom. The van der Waals surface area contributed by atoms with Crippen LogP contribution in [0.3, 0.4) is 0 Å². The molecule has 16 heavy (non-hydrogen) atoms. The third kappa shape index (κ3) is 2.01. The van der Waals surface area contributed by atoms with Crippen molar-refractivity contribution < 1.29 is 4.74 Å². The van der Waals surface area contributed by atoms with Crippen LogP contribution in [0.1, 0.15) is 26.2 Å². The van der Waals surface area contributed by atoms with Crippen LogP contribution in [0, 0.1) is 5.92 Å². The zero-order valence-corrected chi connectivity index (χ0v) is 10.4. The van der Waals surface area contributed by atoms with Gasteiger partial charge in [-0.1, -0.05) is 0 Å². The summed E-state index contributed by atoms with van der Waals surface area (Å²) in [5, 5.41) is 0. The van der Waals surface area contributed by atoms with E-state index in [9.17, 15) is 0 Å². The normalized spacial score (nSPS) is 38.8. The second-order valence-corrected chi connectivity index (χ2v) is 5.69. The van der Waals surface area contributed by atoms with Crippen molar-refractivity contribution in [3.05, 3.63) is 0 Å². The Bertz CT molecular complexity index is 240. The maximum Gasteiger partial charge on any atom is 0.0509 e. The second-order valence-electron chi connectivity index (χ2n) is 5.69. The number of rotatable bonds is 2. The minimum atomic E-state index is 0.727. The molecule has 3 rings (SSSR count). The van der Waals surface area contributed by atoms with E-state index in [0.29, 0.717) is 0 Å². The van der Waals surface area contributed by atoms with E-state index < -0.39 is 0 Å². The van der Waals surface area contributed by atoms with Crippen molar-refractivity contribution >= 4 is 0 Å². The lowest BCUT2D eigenvalue weighted by Crippen LogP contribution is -2.54. The van der Waals surface area contributed by atoms with Crippen molar-refractivity contribution in [2.24, 2.45) is 5.92 Å². The van der Waals surface area contributed by atoms with Gasteiger partial charge >= 0.3 is 0 Å². The quantitative estimate of drug-likeness (QED) is 0.701. The smallest absolute Gasteiger partial charge is 0.0509 e. The molecule has 3 nitrogen and oxygen atoms in total.